The molecule has 0 aromatic heterocycles. The second-order valence-corrected chi connectivity index (χ2v) is 8.15. The Labute approximate surface area is 161 Å². The molecule has 0 aliphatic heterocycles. The SMILES string of the molecule is CS(=O)(=O)c1ccc(C(O)C(CF)NC(=O)C=Cc2ccc(O)c(O)c2)cc1. The summed E-state index contributed by atoms with van der Waals surface area (Å²) >= 11 is 0. The van der Waals surface area contributed by atoms with Crippen molar-refractivity contribution < 1.29 is 32.9 Å². The second kappa shape index (κ2) is 8.85. The van der Waals surface area contributed by atoms with Crippen molar-refractivity contribution in [1.29, 1.82) is 0 Å². The first-order valence-electron chi connectivity index (χ1n) is 8.16. The predicted molar refractivity (Wildman–Crippen MR) is 101 cm³/mol. The highest BCUT2D eigenvalue weighted by atomic mass is 32.2. The number of amides is 1. The summed E-state index contributed by atoms with van der Waals surface area (Å²) in [6.45, 7) is -1.05. The number of rotatable bonds is 7. The molecule has 1 amide bonds. The summed E-state index contributed by atoms with van der Waals surface area (Å²) in [5.74, 6) is -1.33. The molecule has 0 fully saturated rings. The zero-order valence-electron chi connectivity index (χ0n) is 14.9. The maximum atomic E-state index is 13.3. The minimum Gasteiger partial charge on any atom is -0.504 e. The molecule has 0 saturated carbocycles. The summed E-state index contributed by atoms with van der Waals surface area (Å²) in [4.78, 5) is 12.1. The lowest BCUT2D eigenvalue weighted by molar-refractivity contribution is -0.118. The van der Waals surface area contributed by atoms with Crippen molar-refractivity contribution in [3.05, 3.63) is 59.7 Å². The fourth-order valence-corrected chi connectivity index (χ4v) is 3.02. The molecule has 28 heavy (non-hydrogen) atoms. The third-order valence-corrected chi connectivity index (χ3v) is 5.08. The van der Waals surface area contributed by atoms with Gasteiger partial charge in [0.25, 0.3) is 0 Å². The molecule has 0 heterocycles. The number of carbonyl (C=O) groups is 1. The van der Waals surface area contributed by atoms with E-state index in [0.717, 1.165) is 12.3 Å². The Bertz CT molecular complexity index is 972. The average molecular weight is 409 g/mol. The van der Waals surface area contributed by atoms with Gasteiger partial charge < -0.3 is 20.6 Å². The van der Waals surface area contributed by atoms with E-state index in [1.54, 1.807) is 0 Å². The van der Waals surface area contributed by atoms with Gasteiger partial charge in [0.2, 0.25) is 5.91 Å². The molecule has 0 radical (unpaired) electrons. The molecule has 0 bridgehead atoms. The lowest BCUT2D eigenvalue weighted by Gasteiger charge is -2.21. The molecule has 0 saturated heterocycles. The van der Waals surface area contributed by atoms with E-state index in [0.29, 0.717) is 5.56 Å². The summed E-state index contributed by atoms with van der Waals surface area (Å²) < 4.78 is 36.3. The van der Waals surface area contributed by atoms with Crippen molar-refractivity contribution in [2.45, 2.75) is 17.0 Å². The number of nitrogens with one attached hydrogen (secondary N) is 1. The zero-order chi connectivity index (χ0) is 20.9. The number of hydrogen-bond donors (Lipinski definition) is 4. The molecular formula is C19H20FNO6S. The first kappa shape index (κ1) is 21.4. The van der Waals surface area contributed by atoms with Crippen molar-refractivity contribution in [2.24, 2.45) is 0 Å². The van der Waals surface area contributed by atoms with Crippen molar-refractivity contribution in [3.63, 3.8) is 0 Å². The molecule has 2 aromatic rings. The largest absolute Gasteiger partial charge is 0.504 e. The fourth-order valence-electron chi connectivity index (χ4n) is 2.39. The fraction of sp³-hybridized carbons (Fsp3) is 0.211. The van der Waals surface area contributed by atoms with E-state index in [1.807, 2.05) is 0 Å². The zero-order valence-corrected chi connectivity index (χ0v) is 15.7. The van der Waals surface area contributed by atoms with Crippen LogP contribution in [-0.4, -0.2) is 48.6 Å². The number of phenols is 2. The molecule has 2 aromatic carbocycles. The number of aliphatic hydroxyl groups is 1. The minimum atomic E-state index is -3.40. The van der Waals surface area contributed by atoms with Gasteiger partial charge in [-0.3, -0.25) is 4.79 Å². The van der Waals surface area contributed by atoms with Crippen LogP contribution in [0.2, 0.25) is 0 Å². The van der Waals surface area contributed by atoms with Crippen molar-refractivity contribution in [1.82, 2.24) is 5.32 Å². The predicted octanol–water partition coefficient (Wildman–Crippen LogP) is 1.70. The second-order valence-electron chi connectivity index (χ2n) is 6.14. The molecule has 0 aliphatic rings. The molecular weight excluding hydrogens is 389 g/mol. The topological polar surface area (TPSA) is 124 Å². The summed E-state index contributed by atoms with van der Waals surface area (Å²) in [7, 11) is -3.40. The lowest BCUT2D eigenvalue weighted by atomic mass is 10.0. The average Bonchev–Trinajstić information content (AvgIpc) is 2.66. The van der Waals surface area contributed by atoms with Crippen LogP contribution in [0.15, 0.2) is 53.4 Å². The highest BCUT2D eigenvalue weighted by Gasteiger charge is 2.22. The number of sulfone groups is 1. The number of alkyl halides is 1. The smallest absolute Gasteiger partial charge is 0.244 e. The van der Waals surface area contributed by atoms with Crippen molar-refractivity contribution in [3.8, 4) is 11.5 Å². The Morgan fingerprint density at radius 2 is 1.79 bits per heavy atom. The van der Waals surface area contributed by atoms with Gasteiger partial charge in [-0.15, -0.1) is 0 Å². The van der Waals surface area contributed by atoms with Gasteiger partial charge in [0.15, 0.2) is 21.3 Å². The Morgan fingerprint density at radius 1 is 1.14 bits per heavy atom. The molecule has 7 nitrogen and oxygen atoms in total. The first-order valence-corrected chi connectivity index (χ1v) is 10.1. The maximum Gasteiger partial charge on any atom is 0.244 e. The van der Waals surface area contributed by atoms with Gasteiger partial charge in [-0.25, -0.2) is 12.8 Å². The number of aliphatic hydroxyl groups excluding tert-OH is 1. The van der Waals surface area contributed by atoms with Crippen LogP contribution in [0.4, 0.5) is 4.39 Å². The van der Waals surface area contributed by atoms with E-state index in [-0.39, 0.29) is 22.0 Å². The third kappa shape index (κ3) is 5.54. The van der Waals surface area contributed by atoms with Crippen LogP contribution in [-0.2, 0) is 14.6 Å². The molecule has 2 atom stereocenters. The third-order valence-electron chi connectivity index (χ3n) is 3.95. The Balaban J connectivity index is 2.06. The van der Waals surface area contributed by atoms with E-state index < -0.39 is 34.6 Å². The molecule has 0 spiro atoms. The van der Waals surface area contributed by atoms with Crippen LogP contribution in [0.3, 0.4) is 0 Å². The molecule has 9 heteroatoms. The van der Waals surface area contributed by atoms with E-state index in [4.69, 9.17) is 0 Å². The monoisotopic (exact) mass is 409 g/mol. The van der Waals surface area contributed by atoms with E-state index >= 15 is 0 Å². The summed E-state index contributed by atoms with van der Waals surface area (Å²) in [6.07, 6.45) is 2.10. The Kier molecular flexibility index (Phi) is 6.76. The molecule has 4 N–H and O–H groups in total. The van der Waals surface area contributed by atoms with Gasteiger partial charge in [0.05, 0.1) is 10.9 Å². The lowest BCUT2D eigenvalue weighted by Crippen LogP contribution is -2.40. The van der Waals surface area contributed by atoms with Gasteiger partial charge >= 0.3 is 0 Å². The minimum absolute atomic E-state index is 0.0596. The number of carbonyl (C=O) groups excluding carboxylic acids is 1. The number of hydrogen-bond acceptors (Lipinski definition) is 6. The maximum absolute atomic E-state index is 13.3. The van der Waals surface area contributed by atoms with Crippen LogP contribution in [0.25, 0.3) is 6.08 Å². The first-order chi connectivity index (χ1) is 13.1. The quantitative estimate of drug-likeness (QED) is 0.408. The van der Waals surface area contributed by atoms with Gasteiger partial charge in [0.1, 0.15) is 12.8 Å². The highest BCUT2D eigenvalue weighted by molar-refractivity contribution is 7.90. The molecule has 2 rings (SSSR count). The van der Waals surface area contributed by atoms with Crippen LogP contribution >= 0.6 is 0 Å². The van der Waals surface area contributed by atoms with Crippen molar-refractivity contribution in [2.75, 3.05) is 12.9 Å². The van der Waals surface area contributed by atoms with E-state index in [1.165, 1.54) is 48.5 Å². The summed E-state index contributed by atoms with van der Waals surface area (Å²) in [5, 5.41) is 31.3. The highest BCUT2D eigenvalue weighted by Crippen LogP contribution is 2.25. The normalized spacial score (nSPS) is 14.0. The number of benzene rings is 2. The van der Waals surface area contributed by atoms with Gasteiger partial charge in [-0.2, -0.15) is 0 Å². The van der Waals surface area contributed by atoms with Crippen LogP contribution in [0.5, 0.6) is 11.5 Å². The Hall–Kier alpha value is -2.91. The molecule has 2 unspecified atom stereocenters. The number of phenolic OH excluding ortho intramolecular Hbond substituents is 2. The van der Waals surface area contributed by atoms with Crippen molar-refractivity contribution >= 4 is 21.8 Å². The van der Waals surface area contributed by atoms with Crippen LogP contribution < -0.4 is 5.32 Å². The molecule has 150 valence electrons. The van der Waals surface area contributed by atoms with Gasteiger partial charge in [-0.1, -0.05) is 18.2 Å². The molecule has 0 aliphatic carbocycles. The number of halogens is 1. The number of aromatic hydroxyl groups is 2. The van der Waals surface area contributed by atoms with E-state index in [9.17, 15) is 32.9 Å². The van der Waals surface area contributed by atoms with Crippen LogP contribution in [0.1, 0.15) is 17.2 Å². The summed E-state index contributed by atoms with van der Waals surface area (Å²) in [6, 6.07) is 8.00. The summed E-state index contributed by atoms with van der Waals surface area (Å²) in [5.41, 5.74) is 0.682. The van der Waals surface area contributed by atoms with Gasteiger partial charge in [-0.05, 0) is 41.5 Å². The van der Waals surface area contributed by atoms with Crippen LogP contribution in [0, 0.1) is 0 Å². The van der Waals surface area contributed by atoms with Gasteiger partial charge in [0, 0.05) is 12.3 Å². The Morgan fingerprint density at radius 3 is 2.32 bits per heavy atom. The van der Waals surface area contributed by atoms with E-state index in [2.05, 4.69) is 5.32 Å². The standard InChI is InChI=1S/C19H20FNO6S/c1-28(26,27)14-6-4-13(5-7-14)19(25)15(11-20)21-18(24)9-3-12-2-8-16(22)17(23)10-12/h2-10,15,19,22-23,25H,11H2,1H3,(H,21,24).